The number of anilines is 1. The van der Waals surface area contributed by atoms with Gasteiger partial charge in [0.25, 0.3) is 0 Å². The second-order valence-corrected chi connectivity index (χ2v) is 7.72. The monoisotopic (exact) mass is 419 g/mol. The molecule has 1 aliphatic rings. The van der Waals surface area contributed by atoms with E-state index in [0.717, 1.165) is 37.0 Å². The van der Waals surface area contributed by atoms with Gasteiger partial charge in [-0.1, -0.05) is 60.7 Å². The first-order valence-electron chi connectivity index (χ1n) is 10.2. The van der Waals surface area contributed by atoms with Crippen molar-refractivity contribution in [1.29, 1.82) is 0 Å². The van der Waals surface area contributed by atoms with Gasteiger partial charge >= 0.3 is 0 Å². The lowest BCUT2D eigenvalue weighted by Crippen LogP contribution is -2.18. The van der Waals surface area contributed by atoms with Crippen molar-refractivity contribution in [2.75, 3.05) is 11.9 Å². The van der Waals surface area contributed by atoms with E-state index < -0.39 is 0 Å². The van der Waals surface area contributed by atoms with Crippen LogP contribution >= 0.6 is 11.6 Å². The van der Waals surface area contributed by atoms with Gasteiger partial charge in [0.1, 0.15) is 6.23 Å². The zero-order chi connectivity index (χ0) is 20.3. The molecule has 0 aliphatic carbocycles. The lowest BCUT2D eigenvalue weighted by Gasteiger charge is -2.24. The Bertz CT molecular complexity index is 1090. The Morgan fingerprint density at radius 1 is 0.967 bits per heavy atom. The third-order valence-electron chi connectivity index (χ3n) is 5.41. The smallest absolute Gasteiger partial charge is 0.226 e. The summed E-state index contributed by atoms with van der Waals surface area (Å²) in [7, 11) is 0. The predicted octanol–water partition coefficient (Wildman–Crippen LogP) is 5.38. The Morgan fingerprint density at radius 3 is 2.30 bits per heavy atom. The van der Waals surface area contributed by atoms with Crippen LogP contribution in [0.5, 0.6) is 0 Å². The molecule has 1 aliphatic heterocycles. The third-order valence-corrected chi connectivity index (χ3v) is 5.58. The van der Waals surface area contributed by atoms with Crippen LogP contribution in [-0.2, 0) is 4.74 Å². The molecule has 3 heterocycles. The van der Waals surface area contributed by atoms with Crippen LogP contribution in [0.3, 0.4) is 0 Å². The van der Waals surface area contributed by atoms with Crippen LogP contribution < -0.4 is 5.32 Å². The van der Waals surface area contributed by atoms with E-state index in [9.17, 15) is 0 Å². The van der Waals surface area contributed by atoms with Gasteiger partial charge in [-0.05, 0) is 42.0 Å². The van der Waals surface area contributed by atoms with Crippen molar-refractivity contribution in [1.82, 2.24) is 19.5 Å². The molecule has 1 saturated heterocycles. The number of fused-ring (bicyclic) bond motifs is 1. The number of aromatic nitrogens is 4. The summed E-state index contributed by atoms with van der Waals surface area (Å²) in [5.74, 6) is 0.609. The number of rotatable bonds is 5. The van der Waals surface area contributed by atoms with Crippen molar-refractivity contribution < 1.29 is 4.74 Å². The van der Waals surface area contributed by atoms with Crippen molar-refractivity contribution in [3.63, 3.8) is 0 Å². The molecule has 4 aromatic rings. The first-order valence-corrected chi connectivity index (χ1v) is 10.6. The number of halogens is 1. The highest BCUT2D eigenvalue weighted by Crippen LogP contribution is 2.32. The molecule has 0 radical (unpaired) electrons. The number of imidazole rings is 1. The van der Waals surface area contributed by atoms with Gasteiger partial charge in [0.05, 0.1) is 12.4 Å². The molecule has 0 spiro atoms. The van der Waals surface area contributed by atoms with E-state index in [0.29, 0.717) is 17.0 Å². The Labute approximate surface area is 179 Å². The van der Waals surface area contributed by atoms with E-state index in [1.54, 1.807) is 6.33 Å². The Hall–Kier alpha value is -2.96. The van der Waals surface area contributed by atoms with Crippen molar-refractivity contribution in [2.45, 2.75) is 31.5 Å². The van der Waals surface area contributed by atoms with Gasteiger partial charge in [0, 0.05) is 6.61 Å². The molecule has 5 rings (SSSR count). The van der Waals surface area contributed by atoms with Crippen LogP contribution in [0.15, 0.2) is 67.0 Å². The Morgan fingerprint density at radius 2 is 1.67 bits per heavy atom. The lowest BCUT2D eigenvalue weighted by molar-refractivity contribution is -0.0298. The van der Waals surface area contributed by atoms with Crippen LogP contribution in [0.25, 0.3) is 11.2 Å². The summed E-state index contributed by atoms with van der Waals surface area (Å²) >= 11 is 6.32. The highest BCUT2D eigenvalue weighted by molar-refractivity contribution is 6.28. The number of hydrogen-bond acceptors (Lipinski definition) is 5. The molecule has 2 aromatic carbocycles. The van der Waals surface area contributed by atoms with Gasteiger partial charge in [-0.2, -0.15) is 9.97 Å². The molecular weight excluding hydrogens is 398 g/mol. The summed E-state index contributed by atoms with van der Waals surface area (Å²) < 4.78 is 7.89. The summed E-state index contributed by atoms with van der Waals surface area (Å²) in [5.41, 5.74) is 3.62. The average molecular weight is 420 g/mol. The topological polar surface area (TPSA) is 64.9 Å². The molecule has 0 amide bonds. The highest BCUT2D eigenvalue weighted by atomic mass is 35.5. The maximum atomic E-state index is 6.32. The summed E-state index contributed by atoms with van der Waals surface area (Å²) in [4.78, 5) is 13.5. The van der Waals surface area contributed by atoms with E-state index in [2.05, 4.69) is 44.5 Å². The van der Waals surface area contributed by atoms with Crippen molar-refractivity contribution in [3.05, 3.63) is 83.4 Å². The number of hydrogen-bond donors (Lipinski definition) is 1. The van der Waals surface area contributed by atoms with E-state index in [-0.39, 0.29) is 17.6 Å². The Balaban J connectivity index is 1.57. The lowest BCUT2D eigenvalue weighted by atomic mass is 9.99. The number of nitrogens with one attached hydrogen (secondary N) is 1. The van der Waals surface area contributed by atoms with E-state index >= 15 is 0 Å². The highest BCUT2D eigenvalue weighted by Gasteiger charge is 2.23. The fourth-order valence-electron chi connectivity index (χ4n) is 3.93. The molecule has 0 saturated carbocycles. The van der Waals surface area contributed by atoms with Crippen LogP contribution in [-0.4, -0.2) is 26.1 Å². The Kier molecular flexibility index (Phi) is 5.34. The average Bonchev–Trinajstić information content (AvgIpc) is 3.23. The fourth-order valence-corrected chi connectivity index (χ4v) is 4.10. The van der Waals surface area contributed by atoms with Gasteiger partial charge < -0.3 is 10.1 Å². The van der Waals surface area contributed by atoms with E-state index in [4.69, 9.17) is 16.3 Å². The summed E-state index contributed by atoms with van der Waals surface area (Å²) in [6.07, 6.45) is 4.85. The minimum absolute atomic E-state index is 0.0680. The molecule has 7 heteroatoms. The maximum Gasteiger partial charge on any atom is 0.226 e. The zero-order valence-corrected chi connectivity index (χ0v) is 17.2. The van der Waals surface area contributed by atoms with Gasteiger partial charge in [-0.15, -0.1) is 0 Å². The van der Waals surface area contributed by atoms with Crippen molar-refractivity contribution >= 4 is 28.6 Å². The fraction of sp³-hybridized carbons (Fsp3) is 0.261. The molecule has 1 unspecified atom stereocenters. The van der Waals surface area contributed by atoms with Gasteiger partial charge in [-0.25, -0.2) is 4.98 Å². The second-order valence-electron chi connectivity index (χ2n) is 7.39. The molecule has 6 nitrogen and oxygen atoms in total. The first kappa shape index (κ1) is 19.0. The number of benzene rings is 2. The van der Waals surface area contributed by atoms with E-state index in [1.165, 1.54) is 0 Å². The normalized spacial score (nSPS) is 16.8. The minimum atomic E-state index is -0.0994. The quantitative estimate of drug-likeness (QED) is 0.440. The molecule has 1 fully saturated rings. The number of ether oxygens (including phenoxy) is 1. The molecule has 1 atom stereocenters. The van der Waals surface area contributed by atoms with Crippen LogP contribution in [0.2, 0.25) is 5.28 Å². The van der Waals surface area contributed by atoms with Crippen molar-refractivity contribution in [3.8, 4) is 0 Å². The summed E-state index contributed by atoms with van der Waals surface area (Å²) in [6.45, 7) is 0.748. The predicted molar refractivity (Wildman–Crippen MR) is 118 cm³/mol. The minimum Gasteiger partial charge on any atom is -0.358 e. The molecule has 30 heavy (non-hydrogen) atoms. The van der Waals surface area contributed by atoms with Crippen LogP contribution in [0.1, 0.15) is 42.7 Å². The van der Waals surface area contributed by atoms with Gasteiger partial charge in [0.15, 0.2) is 17.0 Å². The van der Waals surface area contributed by atoms with Gasteiger partial charge in [-0.3, -0.25) is 4.57 Å². The second kappa shape index (κ2) is 8.42. The van der Waals surface area contributed by atoms with Crippen LogP contribution in [0.4, 0.5) is 5.82 Å². The van der Waals surface area contributed by atoms with Crippen molar-refractivity contribution in [2.24, 2.45) is 0 Å². The number of nitrogens with zero attached hydrogens (tertiary/aromatic N) is 4. The standard InChI is InChI=1S/C23H22ClN5O/c24-23-27-21(20-22(28-23)29(15-25-20)18-13-7-8-14-30-18)26-19(16-9-3-1-4-10-16)17-11-5-2-6-12-17/h1-6,9-12,15,18-19H,7-8,13-14H2,(H,26,27,28). The maximum absolute atomic E-state index is 6.32. The zero-order valence-electron chi connectivity index (χ0n) is 16.4. The molecule has 2 aromatic heterocycles. The molecule has 1 N–H and O–H groups in total. The van der Waals surface area contributed by atoms with Crippen LogP contribution in [0, 0.1) is 0 Å². The largest absolute Gasteiger partial charge is 0.358 e. The SMILES string of the molecule is Clc1nc(NC(c2ccccc2)c2ccccc2)c2ncn(C3CCCCO3)c2n1. The van der Waals surface area contributed by atoms with Gasteiger partial charge in [0.2, 0.25) is 5.28 Å². The molecular formula is C23H22ClN5O. The molecule has 0 bridgehead atoms. The third kappa shape index (κ3) is 3.76. The first-order chi connectivity index (χ1) is 14.8. The summed E-state index contributed by atoms with van der Waals surface area (Å²) in [6, 6.07) is 20.4. The summed E-state index contributed by atoms with van der Waals surface area (Å²) in [5, 5.41) is 3.74. The van der Waals surface area contributed by atoms with E-state index in [1.807, 2.05) is 41.0 Å². The molecule has 152 valence electrons.